The molecule has 0 aliphatic carbocycles. The van der Waals surface area contributed by atoms with Crippen LogP contribution in [-0.2, 0) is 26.2 Å². The van der Waals surface area contributed by atoms with E-state index in [1.165, 1.54) is 4.31 Å². The summed E-state index contributed by atoms with van der Waals surface area (Å²) in [4.78, 5) is 27.2. The summed E-state index contributed by atoms with van der Waals surface area (Å²) in [6.07, 6.45) is 2.12. The highest BCUT2D eigenvalue weighted by Gasteiger charge is 2.28. The van der Waals surface area contributed by atoms with Gasteiger partial charge in [0, 0.05) is 26.6 Å². The van der Waals surface area contributed by atoms with Crippen LogP contribution in [0.25, 0.3) is 0 Å². The van der Waals surface area contributed by atoms with Gasteiger partial charge in [-0.3, -0.25) is 13.9 Å². The maximum absolute atomic E-state index is 13.2. The molecule has 0 aliphatic heterocycles. The van der Waals surface area contributed by atoms with Gasteiger partial charge in [0.05, 0.1) is 11.9 Å². The van der Waals surface area contributed by atoms with Gasteiger partial charge in [0.2, 0.25) is 21.8 Å². The number of benzene rings is 2. The van der Waals surface area contributed by atoms with Crippen molar-refractivity contribution in [2.24, 2.45) is 0 Å². The van der Waals surface area contributed by atoms with Crippen LogP contribution in [0, 0.1) is 6.92 Å². The first-order chi connectivity index (χ1) is 15.2. The SMILES string of the molecule is CC[C@H](C(=O)NC)N(Cc1ccc(C)cc1)C(=O)CCCN(c1ccccc1)S(C)(=O)=O. The van der Waals surface area contributed by atoms with E-state index in [2.05, 4.69) is 5.32 Å². The molecule has 2 aromatic rings. The van der Waals surface area contributed by atoms with Crippen molar-refractivity contribution in [3.63, 3.8) is 0 Å². The third-order valence-electron chi connectivity index (χ3n) is 5.30. The second-order valence-electron chi connectivity index (χ2n) is 7.82. The molecule has 0 spiro atoms. The number of likely N-dealkylation sites (N-methyl/N-ethyl adjacent to an activating group) is 1. The van der Waals surface area contributed by atoms with Crippen molar-refractivity contribution < 1.29 is 18.0 Å². The molecule has 0 aliphatic rings. The lowest BCUT2D eigenvalue weighted by Crippen LogP contribution is -2.48. The van der Waals surface area contributed by atoms with Crippen molar-refractivity contribution in [3.8, 4) is 0 Å². The molecule has 0 heterocycles. The quantitative estimate of drug-likeness (QED) is 0.559. The van der Waals surface area contributed by atoms with Crippen molar-refractivity contribution in [2.75, 3.05) is 24.2 Å². The first kappa shape index (κ1) is 25.4. The number of nitrogens with zero attached hydrogens (tertiary/aromatic N) is 2. The van der Waals surface area contributed by atoms with Crippen LogP contribution < -0.4 is 9.62 Å². The van der Waals surface area contributed by atoms with Gasteiger partial charge >= 0.3 is 0 Å². The van der Waals surface area contributed by atoms with Crippen LogP contribution in [0.3, 0.4) is 0 Å². The lowest BCUT2D eigenvalue weighted by molar-refractivity contribution is -0.141. The highest BCUT2D eigenvalue weighted by molar-refractivity contribution is 7.92. The molecule has 0 saturated carbocycles. The Morgan fingerprint density at radius 1 is 1.03 bits per heavy atom. The highest BCUT2D eigenvalue weighted by atomic mass is 32.2. The molecule has 0 saturated heterocycles. The molecule has 2 aromatic carbocycles. The summed E-state index contributed by atoms with van der Waals surface area (Å²) in [5.74, 6) is -0.391. The molecule has 1 N–H and O–H groups in total. The first-order valence-electron chi connectivity index (χ1n) is 10.8. The monoisotopic (exact) mass is 459 g/mol. The molecular weight excluding hydrogens is 426 g/mol. The number of nitrogens with one attached hydrogen (secondary N) is 1. The summed E-state index contributed by atoms with van der Waals surface area (Å²) >= 11 is 0. The van der Waals surface area contributed by atoms with Crippen LogP contribution in [0.4, 0.5) is 5.69 Å². The van der Waals surface area contributed by atoms with E-state index in [1.54, 1.807) is 36.2 Å². The molecule has 0 fully saturated rings. The molecule has 1 atom stereocenters. The minimum absolute atomic E-state index is 0.137. The maximum Gasteiger partial charge on any atom is 0.242 e. The van der Waals surface area contributed by atoms with E-state index in [0.29, 0.717) is 25.1 Å². The molecule has 7 nitrogen and oxygen atoms in total. The minimum Gasteiger partial charge on any atom is -0.357 e. The van der Waals surface area contributed by atoms with Crippen LogP contribution in [-0.4, -0.2) is 51.0 Å². The van der Waals surface area contributed by atoms with E-state index in [-0.39, 0.29) is 24.8 Å². The van der Waals surface area contributed by atoms with E-state index in [1.807, 2.05) is 44.2 Å². The average molecular weight is 460 g/mol. The second kappa shape index (κ2) is 11.7. The smallest absolute Gasteiger partial charge is 0.242 e. The summed E-state index contributed by atoms with van der Waals surface area (Å²) in [5, 5.41) is 2.64. The Hall–Kier alpha value is -2.87. The Labute approximate surface area is 191 Å². The van der Waals surface area contributed by atoms with E-state index in [4.69, 9.17) is 0 Å². The number of carbonyl (C=O) groups excluding carboxylic acids is 2. The Bertz CT molecular complexity index is 992. The van der Waals surface area contributed by atoms with Crippen LogP contribution in [0.1, 0.15) is 37.3 Å². The topological polar surface area (TPSA) is 86.8 Å². The molecule has 0 radical (unpaired) electrons. The Morgan fingerprint density at radius 2 is 1.66 bits per heavy atom. The number of rotatable bonds is 11. The Balaban J connectivity index is 2.15. The van der Waals surface area contributed by atoms with Gasteiger partial charge in [-0.2, -0.15) is 0 Å². The van der Waals surface area contributed by atoms with E-state index in [0.717, 1.165) is 17.4 Å². The zero-order valence-electron chi connectivity index (χ0n) is 19.2. The third-order valence-corrected chi connectivity index (χ3v) is 6.50. The zero-order chi connectivity index (χ0) is 23.7. The number of aryl methyl sites for hydroxylation is 1. The molecule has 2 amide bonds. The van der Waals surface area contributed by atoms with Crippen molar-refractivity contribution in [2.45, 2.75) is 45.7 Å². The predicted octanol–water partition coefficient (Wildman–Crippen LogP) is 3.09. The lowest BCUT2D eigenvalue weighted by atomic mass is 10.1. The number of hydrogen-bond donors (Lipinski definition) is 1. The fourth-order valence-corrected chi connectivity index (χ4v) is 4.54. The number of hydrogen-bond acceptors (Lipinski definition) is 4. The largest absolute Gasteiger partial charge is 0.357 e. The lowest BCUT2D eigenvalue weighted by Gasteiger charge is -2.30. The maximum atomic E-state index is 13.2. The minimum atomic E-state index is -3.48. The number of sulfonamides is 1. The summed E-state index contributed by atoms with van der Waals surface area (Å²) in [6.45, 7) is 4.37. The number of anilines is 1. The molecule has 0 aromatic heterocycles. The molecule has 0 bridgehead atoms. The molecule has 32 heavy (non-hydrogen) atoms. The third kappa shape index (κ3) is 7.09. The zero-order valence-corrected chi connectivity index (χ0v) is 20.1. The van der Waals surface area contributed by atoms with Crippen molar-refractivity contribution >= 4 is 27.5 Å². The van der Waals surface area contributed by atoms with Gasteiger partial charge in [0.1, 0.15) is 6.04 Å². The van der Waals surface area contributed by atoms with Crippen molar-refractivity contribution in [1.29, 1.82) is 0 Å². The number of carbonyl (C=O) groups is 2. The summed E-state index contributed by atoms with van der Waals surface area (Å²) in [6, 6.07) is 16.1. The fourth-order valence-electron chi connectivity index (χ4n) is 3.57. The molecule has 8 heteroatoms. The average Bonchev–Trinajstić information content (AvgIpc) is 2.77. The van der Waals surface area contributed by atoms with Gasteiger partial charge in [-0.1, -0.05) is 55.0 Å². The van der Waals surface area contributed by atoms with Gasteiger partial charge in [-0.05, 0) is 37.5 Å². The van der Waals surface area contributed by atoms with Gasteiger partial charge in [-0.25, -0.2) is 8.42 Å². The van der Waals surface area contributed by atoms with Gasteiger partial charge < -0.3 is 10.2 Å². The van der Waals surface area contributed by atoms with Gasteiger partial charge in [-0.15, -0.1) is 0 Å². The second-order valence-corrected chi connectivity index (χ2v) is 9.73. The molecule has 174 valence electrons. The van der Waals surface area contributed by atoms with E-state index in [9.17, 15) is 18.0 Å². The fraction of sp³-hybridized carbons (Fsp3) is 0.417. The van der Waals surface area contributed by atoms with Crippen molar-refractivity contribution in [3.05, 3.63) is 65.7 Å². The van der Waals surface area contributed by atoms with Crippen LogP contribution >= 0.6 is 0 Å². The predicted molar refractivity (Wildman–Crippen MR) is 128 cm³/mol. The van der Waals surface area contributed by atoms with Crippen LogP contribution in [0.2, 0.25) is 0 Å². The van der Waals surface area contributed by atoms with E-state index >= 15 is 0 Å². The number of para-hydroxylation sites is 1. The van der Waals surface area contributed by atoms with Gasteiger partial charge in [0.25, 0.3) is 0 Å². The normalized spacial score (nSPS) is 12.1. The summed E-state index contributed by atoms with van der Waals surface area (Å²) < 4.78 is 25.8. The summed E-state index contributed by atoms with van der Waals surface area (Å²) in [5.41, 5.74) is 2.62. The molecule has 2 rings (SSSR count). The van der Waals surface area contributed by atoms with Gasteiger partial charge in [0.15, 0.2) is 0 Å². The Morgan fingerprint density at radius 3 is 2.19 bits per heavy atom. The van der Waals surface area contributed by atoms with E-state index < -0.39 is 16.1 Å². The van der Waals surface area contributed by atoms with Crippen LogP contribution in [0.5, 0.6) is 0 Å². The first-order valence-corrected chi connectivity index (χ1v) is 12.6. The highest BCUT2D eigenvalue weighted by Crippen LogP contribution is 2.19. The number of amides is 2. The van der Waals surface area contributed by atoms with Crippen LogP contribution in [0.15, 0.2) is 54.6 Å². The summed E-state index contributed by atoms with van der Waals surface area (Å²) in [7, 11) is -1.92. The molecule has 0 unspecified atom stereocenters. The van der Waals surface area contributed by atoms with Crippen molar-refractivity contribution in [1.82, 2.24) is 10.2 Å². The standard InChI is InChI=1S/C24H33N3O4S/c1-5-22(24(29)25-3)26(18-20-15-13-19(2)14-16-20)23(28)12-9-17-27(32(4,30)31)21-10-7-6-8-11-21/h6-8,10-11,13-16,22H,5,9,12,17-18H2,1-4H3,(H,25,29)/t22-/m1/s1. The Kier molecular flexibility index (Phi) is 9.26. The molecular formula is C24H33N3O4S.